The predicted octanol–water partition coefficient (Wildman–Crippen LogP) is 6.37. The average molecular weight is 460 g/mol. The number of hydrogen-bond donors (Lipinski definition) is 1. The van der Waals surface area contributed by atoms with Crippen molar-refractivity contribution in [1.29, 1.82) is 0 Å². The number of rotatable bonds is 5. The molecule has 5 rings (SSSR count). The molecule has 0 saturated carbocycles. The van der Waals surface area contributed by atoms with Crippen LogP contribution in [0.5, 0.6) is 11.5 Å². The zero-order valence-corrected chi connectivity index (χ0v) is 21.0. The molecule has 1 heterocycles. The molecule has 1 aliphatic heterocycles. The lowest BCUT2D eigenvalue weighted by Gasteiger charge is -2.46. The number of nitrogens with one attached hydrogen (secondary N) is 1. The Balaban J connectivity index is 1.66. The van der Waals surface area contributed by atoms with Gasteiger partial charge >= 0.3 is 0 Å². The Morgan fingerprint density at radius 3 is 2.64 bits per heavy atom. The molecule has 1 N–H and O–H groups in total. The third-order valence-electron chi connectivity index (χ3n) is 7.12. The Hall–Kier alpha value is -2.43. The van der Waals surface area contributed by atoms with E-state index in [0.29, 0.717) is 23.8 Å². The summed E-state index contributed by atoms with van der Waals surface area (Å²) < 4.78 is 11.7. The number of allylic oxidation sites excluding steroid dienone is 2. The van der Waals surface area contributed by atoms with Crippen molar-refractivity contribution in [1.82, 2.24) is 5.32 Å². The van der Waals surface area contributed by atoms with Crippen molar-refractivity contribution < 1.29 is 9.47 Å². The van der Waals surface area contributed by atoms with Crippen molar-refractivity contribution in [2.45, 2.75) is 44.7 Å². The van der Waals surface area contributed by atoms with Gasteiger partial charge in [0, 0.05) is 29.0 Å². The molecule has 2 aliphatic carbocycles. The summed E-state index contributed by atoms with van der Waals surface area (Å²) in [5.74, 6) is 3.23. The van der Waals surface area contributed by atoms with Crippen LogP contribution in [0.3, 0.4) is 0 Å². The Bertz CT molecular complexity index is 1140. The normalized spacial score (nSPS) is 25.0. The maximum absolute atomic E-state index is 5.83. The quantitative estimate of drug-likeness (QED) is 0.416. The zero-order valence-electron chi connectivity index (χ0n) is 20.1. The van der Waals surface area contributed by atoms with Gasteiger partial charge in [-0.2, -0.15) is 0 Å². The van der Waals surface area contributed by atoms with Crippen LogP contribution in [0.1, 0.15) is 43.4 Å². The van der Waals surface area contributed by atoms with E-state index in [0.717, 1.165) is 17.9 Å². The van der Waals surface area contributed by atoms with E-state index in [1.165, 1.54) is 33.4 Å². The second kappa shape index (κ2) is 8.73. The summed E-state index contributed by atoms with van der Waals surface area (Å²) in [6, 6.07) is 15.5. The molecule has 2 aromatic carbocycles. The maximum Gasteiger partial charge on any atom is 0.133 e. The first kappa shape index (κ1) is 22.4. The van der Waals surface area contributed by atoms with Gasteiger partial charge < -0.3 is 14.8 Å². The van der Waals surface area contributed by atoms with E-state index in [9.17, 15) is 0 Å². The lowest BCUT2D eigenvalue weighted by Crippen LogP contribution is -2.53. The Kier molecular flexibility index (Phi) is 5.92. The SMILES string of the molecule is COc1cccc2c1C1=C(C(c3ccc(OCSC)cc3)C2)C2C(C)=CC(C)(C)NC2C=C1. The molecule has 0 aromatic heterocycles. The Labute approximate surface area is 202 Å². The van der Waals surface area contributed by atoms with Crippen LogP contribution in [0.15, 0.2) is 71.8 Å². The fourth-order valence-electron chi connectivity index (χ4n) is 5.96. The molecule has 3 atom stereocenters. The molecule has 3 unspecified atom stereocenters. The van der Waals surface area contributed by atoms with Gasteiger partial charge in [-0.15, -0.1) is 11.8 Å². The monoisotopic (exact) mass is 459 g/mol. The Morgan fingerprint density at radius 1 is 1.12 bits per heavy atom. The highest BCUT2D eigenvalue weighted by molar-refractivity contribution is 7.98. The van der Waals surface area contributed by atoms with Gasteiger partial charge in [-0.3, -0.25) is 0 Å². The molecule has 0 radical (unpaired) electrons. The topological polar surface area (TPSA) is 30.5 Å². The van der Waals surface area contributed by atoms with Gasteiger partial charge in [-0.25, -0.2) is 0 Å². The minimum absolute atomic E-state index is 0.0102. The van der Waals surface area contributed by atoms with E-state index in [2.05, 4.69) is 93.0 Å². The standard InChI is InChI=1S/C29H33NO2S/c1-18-16-29(2,3)30-24-14-13-22-27-20(7-6-8-25(27)31-4)15-23(28(22)26(18)24)19-9-11-21(12-10-19)32-17-33-5/h6-14,16,23-24,26,30H,15,17H2,1-5H3. The molecule has 33 heavy (non-hydrogen) atoms. The van der Waals surface area contributed by atoms with Gasteiger partial charge in [-0.05, 0) is 73.9 Å². The van der Waals surface area contributed by atoms with Gasteiger partial charge in [0.05, 0.1) is 7.11 Å². The molecule has 0 spiro atoms. The van der Waals surface area contributed by atoms with Gasteiger partial charge in [0.2, 0.25) is 0 Å². The van der Waals surface area contributed by atoms with Crippen molar-refractivity contribution in [3.63, 3.8) is 0 Å². The molecular formula is C29H33NO2S. The van der Waals surface area contributed by atoms with Gasteiger partial charge in [0.25, 0.3) is 0 Å². The first-order chi connectivity index (χ1) is 15.9. The molecule has 0 bridgehead atoms. The molecular weight excluding hydrogens is 426 g/mol. The lowest BCUT2D eigenvalue weighted by molar-refractivity contribution is 0.350. The van der Waals surface area contributed by atoms with Crippen LogP contribution in [-0.4, -0.2) is 30.9 Å². The second-order valence-electron chi connectivity index (χ2n) is 9.86. The van der Waals surface area contributed by atoms with Crippen LogP contribution in [0, 0.1) is 5.92 Å². The number of hydrogen-bond acceptors (Lipinski definition) is 4. The van der Waals surface area contributed by atoms with Crippen LogP contribution in [0.4, 0.5) is 0 Å². The summed E-state index contributed by atoms with van der Waals surface area (Å²) in [6.07, 6.45) is 10.1. The van der Waals surface area contributed by atoms with E-state index >= 15 is 0 Å². The molecule has 2 aromatic rings. The fourth-order valence-corrected chi connectivity index (χ4v) is 6.22. The van der Waals surface area contributed by atoms with Crippen molar-refractivity contribution in [3.8, 4) is 11.5 Å². The second-order valence-corrected chi connectivity index (χ2v) is 10.7. The first-order valence-corrected chi connectivity index (χ1v) is 13.1. The smallest absolute Gasteiger partial charge is 0.133 e. The van der Waals surface area contributed by atoms with Gasteiger partial charge in [0.15, 0.2) is 0 Å². The number of fused-ring (bicyclic) bond motifs is 4. The van der Waals surface area contributed by atoms with Crippen molar-refractivity contribution >= 4 is 17.3 Å². The third kappa shape index (κ3) is 4.04. The molecule has 3 nitrogen and oxygen atoms in total. The minimum Gasteiger partial charge on any atom is -0.496 e. The van der Waals surface area contributed by atoms with E-state index in [1.807, 2.05) is 0 Å². The lowest BCUT2D eigenvalue weighted by atomic mass is 9.64. The van der Waals surface area contributed by atoms with Crippen molar-refractivity contribution in [2.75, 3.05) is 19.3 Å². The highest BCUT2D eigenvalue weighted by Gasteiger charge is 2.42. The van der Waals surface area contributed by atoms with Gasteiger partial charge in [0.1, 0.15) is 17.4 Å². The minimum atomic E-state index is -0.0102. The molecule has 0 saturated heterocycles. The summed E-state index contributed by atoms with van der Waals surface area (Å²) >= 11 is 1.69. The van der Waals surface area contributed by atoms with Crippen molar-refractivity contribution in [2.24, 2.45) is 5.92 Å². The van der Waals surface area contributed by atoms with Gasteiger partial charge in [-0.1, -0.05) is 48.1 Å². The first-order valence-electron chi connectivity index (χ1n) is 11.7. The zero-order chi connectivity index (χ0) is 23.2. The predicted molar refractivity (Wildman–Crippen MR) is 139 cm³/mol. The van der Waals surface area contributed by atoms with E-state index in [1.54, 1.807) is 18.9 Å². The molecule has 0 fully saturated rings. The summed E-state index contributed by atoms with van der Waals surface area (Å²) in [5, 5.41) is 3.86. The van der Waals surface area contributed by atoms with Crippen LogP contribution in [0.2, 0.25) is 0 Å². The summed E-state index contributed by atoms with van der Waals surface area (Å²) in [6.45, 7) is 6.82. The largest absolute Gasteiger partial charge is 0.496 e. The summed E-state index contributed by atoms with van der Waals surface area (Å²) in [4.78, 5) is 0. The molecule has 172 valence electrons. The van der Waals surface area contributed by atoms with E-state index in [4.69, 9.17) is 9.47 Å². The van der Waals surface area contributed by atoms with Crippen LogP contribution in [0.25, 0.3) is 5.57 Å². The third-order valence-corrected chi connectivity index (χ3v) is 7.47. The van der Waals surface area contributed by atoms with Crippen LogP contribution >= 0.6 is 11.8 Å². The number of benzene rings is 2. The molecule has 4 heteroatoms. The Morgan fingerprint density at radius 2 is 1.91 bits per heavy atom. The highest BCUT2D eigenvalue weighted by Crippen LogP contribution is 2.52. The van der Waals surface area contributed by atoms with E-state index in [-0.39, 0.29) is 5.54 Å². The number of methoxy groups -OCH3 is 1. The molecule has 3 aliphatic rings. The summed E-state index contributed by atoms with van der Waals surface area (Å²) in [5.41, 5.74) is 8.24. The highest BCUT2D eigenvalue weighted by atomic mass is 32.2. The van der Waals surface area contributed by atoms with Crippen LogP contribution < -0.4 is 14.8 Å². The summed E-state index contributed by atoms with van der Waals surface area (Å²) in [7, 11) is 1.78. The average Bonchev–Trinajstić information content (AvgIpc) is 2.80. The fraction of sp³-hybridized carbons (Fsp3) is 0.379. The number of ether oxygens (including phenoxy) is 2. The van der Waals surface area contributed by atoms with E-state index < -0.39 is 0 Å². The number of thioether (sulfide) groups is 1. The maximum atomic E-state index is 5.83. The molecule has 0 amide bonds. The van der Waals surface area contributed by atoms with Crippen LogP contribution in [-0.2, 0) is 6.42 Å². The van der Waals surface area contributed by atoms with Crippen molar-refractivity contribution in [3.05, 3.63) is 88.5 Å².